The molecule has 1 aliphatic rings. The Hall–Kier alpha value is -3.28. The quantitative estimate of drug-likeness (QED) is 0.743. The van der Waals surface area contributed by atoms with E-state index < -0.39 is 0 Å². The summed E-state index contributed by atoms with van der Waals surface area (Å²) in [6.07, 6.45) is 4.77. The Morgan fingerprint density at radius 2 is 1.92 bits per heavy atom. The van der Waals surface area contributed by atoms with Gasteiger partial charge in [0.1, 0.15) is 0 Å². The van der Waals surface area contributed by atoms with Gasteiger partial charge in [0.05, 0.1) is 11.9 Å². The monoisotopic (exact) mass is 349 g/mol. The van der Waals surface area contributed by atoms with E-state index in [1.54, 1.807) is 10.9 Å². The van der Waals surface area contributed by atoms with Crippen molar-refractivity contribution in [2.24, 2.45) is 0 Å². The molecule has 132 valence electrons. The molecule has 0 radical (unpaired) electrons. The van der Waals surface area contributed by atoms with E-state index in [4.69, 9.17) is 9.47 Å². The van der Waals surface area contributed by atoms with Crippen LogP contribution < -0.4 is 14.8 Å². The van der Waals surface area contributed by atoms with Gasteiger partial charge in [-0.25, -0.2) is 4.68 Å². The Morgan fingerprint density at radius 1 is 1.08 bits per heavy atom. The number of carbonyl (C=O) groups is 1. The zero-order chi connectivity index (χ0) is 17.8. The van der Waals surface area contributed by atoms with E-state index in [1.807, 2.05) is 54.7 Å². The van der Waals surface area contributed by atoms with Crippen molar-refractivity contribution >= 4 is 5.91 Å². The second-order valence-corrected chi connectivity index (χ2v) is 6.09. The predicted molar refractivity (Wildman–Crippen MR) is 96.3 cm³/mol. The van der Waals surface area contributed by atoms with E-state index in [-0.39, 0.29) is 12.7 Å². The van der Waals surface area contributed by atoms with Crippen LogP contribution in [0, 0.1) is 0 Å². The first-order chi connectivity index (χ1) is 12.8. The van der Waals surface area contributed by atoms with Crippen LogP contribution in [0.25, 0.3) is 5.69 Å². The lowest BCUT2D eigenvalue weighted by Gasteiger charge is -2.05. The summed E-state index contributed by atoms with van der Waals surface area (Å²) in [5.41, 5.74) is 3.01. The Balaban J connectivity index is 1.27. The van der Waals surface area contributed by atoms with E-state index >= 15 is 0 Å². The van der Waals surface area contributed by atoms with Gasteiger partial charge in [-0.05, 0) is 36.2 Å². The number of aryl methyl sites for hydroxylation is 1. The Kier molecular flexibility index (Phi) is 4.55. The van der Waals surface area contributed by atoms with Crippen molar-refractivity contribution in [2.75, 3.05) is 6.79 Å². The van der Waals surface area contributed by atoms with Crippen molar-refractivity contribution in [3.05, 3.63) is 72.1 Å². The zero-order valence-corrected chi connectivity index (χ0v) is 14.2. The van der Waals surface area contributed by atoms with Crippen LogP contribution in [0.5, 0.6) is 11.5 Å². The summed E-state index contributed by atoms with van der Waals surface area (Å²) in [6, 6.07) is 15.6. The minimum Gasteiger partial charge on any atom is -0.454 e. The number of ether oxygens (including phenoxy) is 2. The standard InChI is InChI=1S/C20H19N3O3/c24-20(9-7-15-6-8-18-19(10-15)26-14-25-18)21-11-16-12-22-23(13-16)17-4-2-1-3-5-17/h1-6,8,10,12-13H,7,9,11,14H2,(H,21,24). The molecule has 2 aromatic carbocycles. The van der Waals surface area contributed by atoms with Crippen LogP contribution in [-0.4, -0.2) is 22.5 Å². The van der Waals surface area contributed by atoms with Gasteiger partial charge in [-0.15, -0.1) is 0 Å². The van der Waals surface area contributed by atoms with Crippen LogP contribution >= 0.6 is 0 Å². The first-order valence-electron chi connectivity index (χ1n) is 8.52. The third-order valence-electron chi connectivity index (χ3n) is 4.22. The number of aromatic nitrogens is 2. The highest BCUT2D eigenvalue weighted by Gasteiger charge is 2.13. The number of fused-ring (bicyclic) bond motifs is 1. The minimum atomic E-state index is 0.00938. The average molecular weight is 349 g/mol. The van der Waals surface area contributed by atoms with Crippen molar-refractivity contribution in [3.63, 3.8) is 0 Å². The molecule has 0 atom stereocenters. The van der Waals surface area contributed by atoms with Crippen molar-refractivity contribution in [1.82, 2.24) is 15.1 Å². The maximum atomic E-state index is 12.1. The number of nitrogens with zero attached hydrogens (tertiary/aromatic N) is 2. The summed E-state index contributed by atoms with van der Waals surface area (Å²) in [5.74, 6) is 1.51. The molecule has 0 aliphatic carbocycles. The SMILES string of the molecule is O=C(CCc1ccc2c(c1)OCO2)NCc1cnn(-c2ccccc2)c1. The molecular weight excluding hydrogens is 330 g/mol. The molecule has 1 N–H and O–H groups in total. The summed E-state index contributed by atoms with van der Waals surface area (Å²) >= 11 is 0. The lowest BCUT2D eigenvalue weighted by Crippen LogP contribution is -2.22. The van der Waals surface area contributed by atoms with Crippen molar-refractivity contribution < 1.29 is 14.3 Å². The molecule has 0 saturated heterocycles. The molecule has 0 fully saturated rings. The lowest BCUT2D eigenvalue weighted by molar-refractivity contribution is -0.121. The first kappa shape index (κ1) is 16.2. The van der Waals surface area contributed by atoms with Crippen molar-refractivity contribution in [2.45, 2.75) is 19.4 Å². The summed E-state index contributed by atoms with van der Waals surface area (Å²) in [7, 11) is 0. The summed E-state index contributed by atoms with van der Waals surface area (Å²) in [6.45, 7) is 0.725. The smallest absolute Gasteiger partial charge is 0.231 e. The number of amides is 1. The van der Waals surface area contributed by atoms with Crippen molar-refractivity contribution in [1.29, 1.82) is 0 Å². The highest BCUT2D eigenvalue weighted by atomic mass is 16.7. The number of hydrogen-bond acceptors (Lipinski definition) is 4. The molecule has 2 heterocycles. The second kappa shape index (κ2) is 7.31. The van der Waals surface area contributed by atoms with Gasteiger partial charge in [-0.3, -0.25) is 4.79 Å². The normalized spacial score (nSPS) is 12.2. The van der Waals surface area contributed by atoms with E-state index in [0.29, 0.717) is 19.4 Å². The molecule has 0 unspecified atom stereocenters. The molecule has 6 heteroatoms. The predicted octanol–water partition coefficient (Wildman–Crippen LogP) is 2.85. The first-order valence-corrected chi connectivity index (χ1v) is 8.52. The van der Waals surface area contributed by atoms with Gasteiger partial charge in [-0.2, -0.15) is 5.10 Å². The van der Waals surface area contributed by atoms with Crippen LogP contribution in [0.2, 0.25) is 0 Å². The molecule has 0 saturated carbocycles. The number of carbonyl (C=O) groups excluding carboxylic acids is 1. The van der Waals surface area contributed by atoms with Gasteiger partial charge < -0.3 is 14.8 Å². The number of benzene rings is 2. The lowest BCUT2D eigenvalue weighted by atomic mass is 10.1. The van der Waals surface area contributed by atoms with E-state index in [9.17, 15) is 4.79 Å². The largest absolute Gasteiger partial charge is 0.454 e. The molecular formula is C20H19N3O3. The fraction of sp³-hybridized carbons (Fsp3) is 0.200. The molecule has 1 aromatic heterocycles. The maximum absolute atomic E-state index is 12.1. The highest BCUT2D eigenvalue weighted by Crippen LogP contribution is 2.32. The van der Waals surface area contributed by atoms with Crippen LogP contribution in [0.1, 0.15) is 17.5 Å². The number of para-hydroxylation sites is 1. The molecule has 0 bridgehead atoms. The minimum absolute atomic E-state index is 0.00938. The van der Waals surface area contributed by atoms with Crippen LogP contribution in [0.15, 0.2) is 60.9 Å². The fourth-order valence-corrected chi connectivity index (χ4v) is 2.82. The summed E-state index contributed by atoms with van der Waals surface area (Å²) < 4.78 is 12.4. The summed E-state index contributed by atoms with van der Waals surface area (Å²) in [5, 5.41) is 7.27. The number of rotatable bonds is 6. The van der Waals surface area contributed by atoms with Gasteiger partial charge >= 0.3 is 0 Å². The van der Waals surface area contributed by atoms with E-state index in [2.05, 4.69) is 10.4 Å². The summed E-state index contributed by atoms with van der Waals surface area (Å²) in [4.78, 5) is 12.1. The fourth-order valence-electron chi connectivity index (χ4n) is 2.82. The Bertz CT molecular complexity index is 906. The van der Waals surface area contributed by atoms with Crippen molar-refractivity contribution in [3.8, 4) is 17.2 Å². The van der Waals surface area contributed by atoms with E-state index in [0.717, 1.165) is 28.3 Å². The Morgan fingerprint density at radius 3 is 2.81 bits per heavy atom. The van der Waals surface area contributed by atoms with Gasteiger partial charge in [0.25, 0.3) is 0 Å². The molecule has 26 heavy (non-hydrogen) atoms. The van der Waals surface area contributed by atoms with Crippen LogP contribution in [0.3, 0.4) is 0 Å². The average Bonchev–Trinajstić information content (AvgIpc) is 3.34. The third-order valence-corrected chi connectivity index (χ3v) is 4.22. The molecule has 1 aliphatic heterocycles. The molecule has 0 spiro atoms. The van der Waals surface area contributed by atoms with Gasteiger partial charge in [0, 0.05) is 24.7 Å². The van der Waals surface area contributed by atoms with Gasteiger partial charge in [-0.1, -0.05) is 24.3 Å². The van der Waals surface area contributed by atoms with Gasteiger partial charge in [0.15, 0.2) is 11.5 Å². The molecule has 6 nitrogen and oxygen atoms in total. The van der Waals surface area contributed by atoms with Gasteiger partial charge in [0.2, 0.25) is 12.7 Å². The van der Waals surface area contributed by atoms with Crippen LogP contribution in [-0.2, 0) is 17.8 Å². The Labute approximate surface area is 151 Å². The number of hydrogen-bond donors (Lipinski definition) is 1. The topological polar surface area (TPSA) is 65.4 Å². The molecule has 1 amide bonds. The third kappa shape index (κ3) is 3.69. The zero-order valence-electron chi connectivity index (χ0n) is 14.2. The highest BCUT2D eigenvalue weighted by molar-refractivity contribution is 5.76. The van der Waals surface area contributed by atoms with Crippen LogP contribution in [0.4, 0.5) is 0 Å². The molecule has 4 rings (SSSR count). The molecule has 3 aromatic rings. The maximum Gasteiger partial charge on any atom is 0.231 e. The number of nitrogens with one attached hydrogen (secondary N) is 1. The second-order valence-electron chi connectivity index (χ2n) is 6.09. The van der Waals surface area contributed by atoms with E-state index in [1.165, 1.54) is 0 Å².